The Bertz CT molecular complexity index is 956. The van der Waals surface area contributed by atoms with E-state index in [-0.39, 0.29) is 35.9 Å². The van der Waals surface area contributed by atoms with Gasteiger partial charge in [-0.15, -0.1) is 24.0 Å². The number of likely N-dealkylation sites (tertiary alicyclic amines) is 1. The first-order valence-electron chi connectivity index (χ1n) is 10.8. The second kappa shape index (κ2) is 11.7. The largest absolute Gasteiger partial charge is 0.353 e. The van der Waals surface area contributed by atoms with Crippen LogP contribution in [0.5, 0.6) is 0 Å². The van der Waals surface area contributed by atoms with E-state index in [9.17, 15) is 4.79 Å². The van der Waals surface area contributed by atoms with E-state index in [0.717, 1.165) is 49.8 Å². The van der Waals surface area contributed by atoms with Crippen LogP contribution >= 0.6 is 35.6 Å². The molecule has 172 valence electrons. The number of hydrogen-bond donors (Lipinski definition) is 2. The summed E-state index contributed by atoms with van der Waals surface area (Å²) in [7, 11) is 1.78. The number of anilines is 1. The molecule has 1 unspecified atom stereocenters. The van der Waals surface area contributed by atoms with Crippen molar-refractivity contribution < 1.29 is 4.79 Å². The van der Waals surface area contributed by atoms with Crippen LogP contribution in [0.1, 0.15) is 30.4 Å². The van der Waals surface area contributed by atoms with Crippen molar-refractivity contribution in [2.75, 3.05) is 31.6 Å². The molecule has 0 bridgehead atoms. The molecule has 2 aliphatic heterocycles. The predicted octanol–water partition coefficient (Wildman–Crippen LogP) is 3.42. The summed E-state index contributed by atoms with van der Waals surface area (Å²) in [6.45, 7) is 3.96. The van der Waals surface area contributed by atoms with E-state index in [0.29, 0.717) is 24.5 Å². The molecular weight excluding hydrogens is 539 g/mol. The van der Waals surface area contributed by atoms with Gasteiger partial charge in [-0.2, -0.15) is 0 Å². The number of hydrogen-bond acceptors (Lipinski definition) is 4. The lowest BCUT2D eigenvalue weighted by atomic mass is 10.1. The lowest BCUT2D eigenvalue weighted by molar-refractivity contribution is -0.128. The quantitative estimate of drug-likeness (QED) is 0.318. The van der Waals surface area contributed by atoms with E-state index in [1.54, 1.807) is 13.2 Å². The van der Waals surface area contributed by atoms with Crippen LogP contribution in [-0.4, -0.2) is 54.5 Å². The van der Waals surface area contributed by atoms with Gasteiger partial charge in [-0.05, 0) is 36.1 Å². The molecule has 2 aliphatic rings. The molecule has 2 fully saturated rings. The lowest BCUT2D eigenvalue weighted by Gasteiger charge is -2.20. The zero-order valence-electron chi connectivity index (χ0n) is 18.3. The first kappa shape index (κ1) is 24.6. The summed E-state index contributed by atoms with van der Waals surface area (Å²) in [5.74, 6) is 1.87. The summed E-state index contributed by atoms with van der Waals surface area (Å²) in [6.07, 6.45) is 4.41. The molecule has 0 aliphatic carbocycles. The van der Waals surface area contributed by atoms with Gasteiger partial charge in [-0.3, -0.25) is 9.79 Å². The minimum absolute atomic E-state index is 0. The maximum atomic E-state index is 11.9. The van der Waals surface area contributed by atoms with Gasteiger partial charge in [0.15, 0.2) is 5.96 Å². The standard InChI is InChI=1S/C23H29ClN6O.HI/c1-25-23(28-19-9-12-30(16-19)22-20(24)7-3-10-26-22)27-14-17-5-2-6-18(13-17)15-29-11-4-8-21(29)31;/h2-3,5-7,10,13,19H,4,8-9,11-12,14-16H2,1H3,(H2,25,27,28);1H. The highest BCUT2D eigenvalue weighted by Gasteiger charge is 2.25. The molecule has 0 spiro atoms. The summed E-state index contributed by atoms with van der Waals surface area (Å²) in [5, 5.41) is 7.60. The SMILES string of the molecule is CN=C(NCc1cccc(CN2CCCC2=O)c1)NC1CCN(c2ncccc2Cl)C1.I. The summed E-state index contributed by atoms with van der Waals surface area (Å²) in [6, 6.07) is 12.4. The molecule has 1 amide bonds. The van der Waals surface area contributed by atoms with Crippen LogP contribution in [0.2, 0.25) is 5.02 Å². The summed E-state index contributed by atoms with van der Waals surface area (Å²) in [5.41, 5.74) is 2.33. The predicted molar refractivity (Wildman–Crippen MR) is 140 cm³/mol. The van der Waals surface area contributed by atoms with Gasteiger partial charge in [0.25, 0.3) is 0 Å². The monoisotopic (exact) mass is 568 g/mol. The van der Waals surface area contributed by atoms with Gasteiger partial charge in [0, 0.05) is 58.4 Å². The molecule has 1 atom stereocenters. The van der Waals surface area contributed by atoms with Crippen molar-refractivity contribution in [1.29, 1.82) is 0 Å². The number of amides is 1. The highest BCUT2D eigenvalue weighted by atomic mass is 127. The molecule has 2 N–H and O–H groups in total. The first-order chi connectivity index (χ1) is 15.1. The van der Waals surface area contributed by atoms with Crippen molar-refractivity contribution in [3.63, 3.8) is 0 Å². The van der Waals surface area contributed by atoms with E-state index in [4.69, 9.17) is 11.6 Å². The second-order valence-corrected chi connectivity index (χ2v) is 8.46. The molecule has 3 heterocycles. The molecule has 9 heteroatoms. The number of carbonyl (C=O) groups is 1. The van der Waals surface area contributed by atoms with Crippen molar-refractivity contribution in [2.45, 2.75) is 38.4 Å². The number of guanidine groups is 1. The number of halogens is 2. The zero-order valence-corrected chi connectivity index (χ0v) is 21.3. The minimum atomic E-state index is 0. The Hall–Kier alpha value is -2.07. The number of aromatic nitrogens is 1. The highest BCUT2D eigenvalue weighted by molar-refractivity contribution is 14.0. The Morgan fingerprint density at radius 2 is 2.09 bits per heavy atom. The van der Waals surface area contributed by atoms with Gasteiger partial charge >= 0.3 is 0 Å². The number of aliphatic imine (C=N–C) groups is 1. The normalized spacial score (nSPS) is 18.6. The molecular formula is C23H30ClIN6O. The second-order valence-electron chi connectivity index (χ2n) is 8.05. The van der Waals surface area contributed by atoms with Gasteiger partial charge in [-0.1, -0.05) is 35.9 Å². The molecule has 2 aromatic rings. The Morgan fingerprint density at radius 1 is 1.25 bits per heavy atom. The summed E-state index contributed by atoms with van der Waals surface area (Å²) >= 11 is 6.29. The number of benzene rings is 1. The third-order valence-corrected chi connectivity index (χ3v) is 6.08. The molecule has 0 radical (unpaired) electrons. The van der Waals surface area contributed by atoms with Crippen LogP contribution in [-0.2, 0) is 17.9 Å². The molecule has 1 aromatic carbocycles. The number of pyridine rings is 1. The molecule has 0 saturated carbocycles. The highest BCUT2D eigenvalue weighted by Crippen LogP contribution is 2.25. The molecule has 32 heavy (non-hydrogen) atoms. The van der Waals surface area contributed by atoms with Gasteiger partial charge in [-0.25, -0.2) is 4.98 Å². The van der Waals surface area contributed by atoms with Gasteiger partial charge < -0.3 is 20.4 Å². The maximum absolute atomic E-state index is 11.9. The van der Waals surface area contributed by atoms with Crippen LogP contribution in [0, 0.1) is 0 Å². The Kier molecular flexibility index (Phi) is 8.98. The van der Waals surface area contributed by atoms with Gasteiger partial charge in [0.05, 0.1) is 5.02 Å². The number of rotatable bonds is 6. The van der Waals surface area contributed by atoms with Crippen LogP contribution in [0.3, 0.4) is 0 Å². The lowest BCUT2D eigenvalue weighted by Crippen LogP contribution is -2.44. The van der Waals surface area contributed by atoms with Crippen molar-refractivity contribution in [2.24, 2.45) is 4.99 Å². The maximum Gasteiger partial charge on any atom is 0.222 e. The zero-order chi connectivity index (χ0) is 21.6. The minimum Gasteiger partial charge on any atom is -0.353 e. The molecule has 2 saturated heterocycles. The first-order valence-corrected chi connectivity index (χ1v) is 11.2. The average molecular weight is 569 g/mol. The van der Waals surface area contributed by atoms with Gasteiger partial charge in [0.2, 0.25) is 5.91 Å². The number of nitrogens with zero attached hydrogens (tertiary/aromatic N) is 4. The number of nitrogens with one attached hydrogen (secondary N) is 2. The Morgan fingerprint density at radius 3 is 2.84 bits per heavy atom. The van der Waals surface area contributed by atoms with Crippen LogP contribution < -0.4 is 15.5 Å². The third-order valence-electron chi connectivity index (χ3n) is 5.79. The van der Waals surface area contributed by atoms with E-state index < -0.39 is 0 Å². The average Bonchev–Trinajstić information content (AvgIpc) is 3.41. The molecule has 7 nitrogen and oxygen atoms in total. The van der Waals surface area contributed by atoms with Gasteiger partial charge in [0.1, 0.15) is 5.82 Å². The summed E-state index contributed by atoms with van der Waals surface area (Å²) in [4.78, 5) is 24.8. The van der Waals surface area contributed by atoms with E-state index >= 15 is 0 Å². The smallest absolute Gasteiger partial charge is 0.222 e. The van der Waals surface area contributed by atoms with Crippen molar-refractivity contribution in [3.05, 3.63) is 58.7 Å². The Labute approximate surface area is 211 Å². The van der Waals surface area contributed by atoms with Crippen LogP contribution in [0.25, 0.3) is 0 Å². The van der Waals surface area contributed by atoms with E-state index in [1.165, 1.54) is 5.56 Å². The van der Waals surface area contributed by atoms with Crippen LogP contribution in [0.15, 0.2) is 47.6 Å². The van der Waals surface area contributed by atoms with Crippen LogP contribution in [0.4, 0.5) is 5.82 Å². The van der Waals surface area contributed by atoms with Crippen molar-refractivity contribution in [1.82, 2.24) is 20.5 Å². The fourth-order valence-corrected chi connectivity index (χ4v) is 4.42. The molecule has 1 aromatic heterocycles. The van der Waals surface area contributed by atoms with Crippen molar-refractivity contribution >= 4 is 53.3 Å². The van der Waals surface area contributed by atoms with E-state index in [2.05, 4.69) is 49.8 Å². The van der Waals surface area contributed by atoms with Crippen molar-refractivity contribution in [3.8, 4) is 0 Å². The topological polar surface area (TPSA) is 72.9 Å². The Balaban J connectivity index is 0.00000289. The third kappa shape index (κ3) is 6.25. The summed E-state index contributed by atoms with van der Waals surface area (Å²) < 4.78 is 0. The fourth-order valence-electron chi connectivity index (χ4n) is 4.18. The van der Waals surface area contributed by atoms with E-state index in [1.807, 2.05) is 17.0 Å². The fraction of sp³-hybridized carbons (Fsp3) is 0.435. The molecule has 4 rings (SSSR count). The number of carbonyl (C=O) groups excluding carboxylic acids is 1.